The van der Waals surface area contributed by atoms with E-state index in [1.165, 1.54) is 17.2 Å². The van der Waals surface area contributed by atoms with Crippen molar-refractivity contribution in [3.63, 3.8) is 0 Å². The van der Waals surface area contributed by atoms with Gasteiger partial charge in [-0.05, 0) is 24.0 Å². The standard InChI is InChI=1S/C13H11NO2/c15-12-7-11(13(12)16)14-10-5-8-3-1-2-4-9(8)6-10/h1-4,7,10,14H,5-6H2. The Hall–Kier alpha value is -1.90. The molecule has 1 aliphatic rings. The van der Waals surface area contributed by atoms with Crippen LogP contribution in [0.15, 0.2) is 39.9 Å². The van der Waals surface area contributed by atoms with E-state index in [9.17, 15) is 9.59 Å². The van der Waals surface area contributed by atoms with Gasteiger partial charge in [-0.25, -0.2) is 0 Å². The molecule has 1 aliphatic carbocycles. The van der Waals surface area contributed by atoms with Crippen LogP contribution in [0.4, 0.5) is 5.69 Å². The third-order valence-electron chi connectivity index (χ3n) is 3.15. The van der Waals surface area contributed by atoms with Gasteiger partial charge in [0.25, 0.3) is 0 Å². The fourth-order valence-electron chi connectivity index (χ4n) is 2.31. The number of nitrogens with one attached hydrogen (secondary N) is 1. The van der Waals surface area contributed by atoms with Gasteiger partial charge in [-0.3, -0.25) is 9.59 Å². The predicted molar refractivity (Wildman–Crippen MR) is 62.6 cm³/mol. The average molecular weight is 213 g/mol. The molecule has 80 valence electrons. The first kappa shape index (κ1) is 9.33. The Balaban J connectivity index is 1.76. The van der Waals surface area contributed by atoms with Crippen molar-refractivity contribution in [1.82, 2.24) is 0 Å². The lowest BCUT2D eigenvalue weighted by molar-refractivity contribution is 0.771. The molecular weight excluding hydrogens is 202 g/mol. The Morgan fingerprint density at radius 1 is 1.06 bits per heavy atom. The Kier molecular flexibility index (Phi) is 1.93. The molecule has 0 saturated carbocycles. The third-order valence-corrected chi connectivity index (χ3v) is 3.15. The van der Waals surface area contributed by atoms with Gasteiger partial charge in [-0.1, -0.05) is 24.3 Å². The van der Waals surface area contributed by atoms with E-state index >= 15 is 0 Å². The number of rotatable bonds is 2. The van der Waals surface area contributed by atoms with Crippen LogP contribution in [0.2, 0.25) is 0 Å². The van der Waals surface area contributed by atoms with Crippen LogP contribution >= 0.6 is 0 Å². The number of hydrogen-bond donors (Lipinski definition) is 1. The summed E-state index contributed by atoms with van der Waals surface area (Å²) in [6, 6.07) is 9.90. The Bertz CT molecular complexity index is 583. The van der Waals surface area contributed by atoms with Gasteiger partial charge in [0.1, 0.15) is 0 Å². The molecule has 0 amide bonds. The number of fused-ring (bicyclic) bond motifs is 1. The van der Waals surface area contributed by atoms with Gasteiger partial charge in [-0.2, -0.15) is 0 Å². The fraction of sp³-hybridized carbons (Fsp3) is 0.231. The Morgan fingerprint density at radius 3 is 2.19 bits per heavy atom. The summed E-state index contributed by atoms with van der Waals surface area (Å²) in [7, 11) is 0. The monoisotopic (exact) mass is 213 g/mol. The van der Waals surface area contributed by atoms with E-state index in [1.54, 1.807) is 0 Å². The number of anilines is 1. The predicted octanol–water partition coefficient (Wildman–Crippen LogP) is 0.862. The molecule has 0 fully saturated rings. The molecule has 0 radical (unpaired) electrons. The van der Waals surface area contributed by atoms with Gasteiger partial charge in [0.05, 0.1) is 5.69 Å². The maximum atomic E-state index is 11.1. The summed E-state index contributed by atoms with van der Waals surface area (Å²) in [6.45, 7) is 0. The minimum absolute atomic E-state index is 0.251. The molecular formula is C13H11NO2. The molecule has 0 spiro atoms. The van der Waals surface area contributed by atoms with Crippen molar-refractivity contribution in [3.8, 4) is 0 Å². The van der Waals surface area contributed by atoms with E-state index < -0.39 is 5.43 Å². The quantitative estimate of drug-likeness (QED) is 0.753. The summed E-state index contributed by atoms with van der Waals surface area (Å²) in [5.74, 6) is 0. The highest BCUT2D eigenvalue weighted by Crippen LogP contribution is 2.23. The smallest absolute Gasteiger partial charge is 0.248 e. The molecule has 0 unspecified atom stereocenters. The lowest BCUT2D eigenvalue weighted by Crippen LogP contribution is -2.35. The van der Waals surface area contributed by atoms with Crippen molar-refractivity contribution in [2.24, 2.45) is 0 Å². The molecule has 0 saturated heterocycles. The molecule has 0 aliphatic heterocycles. The molecule has 16 heavy (non-hydrogen) atoms. The summed E-state index contributed by atoms with van der Waals surface area (Å²) < 4.78 is 0. The van der Waals surface area contributed by atoms with Crippen LogP contribution in [0.3, 0.4) is 0 Å². The summed E-state index contributed by atoms with van der Waals surface area (Å²) in [6.07, 6.45) is 1.85. The van der Waals surface area contributed by atoms with Gasteiger partial charge in [0, 0.05) is 12.1 Å². The van der Waals surface area contributed by atoms with Crippen molar-refractivity contribution in [1.29, 1.82) is 0 Å². The summed E-state index contributed by atoms with van der Waals surface area (Å²) >= 11 is 0. The maximum Gasteiger partial charge on any atom is 0.248 e. The highest BCUT2D eigenvalue weighted by molar-refractivity contribution is 5.49. The first-order valence-electron chi connectivity index (χ1n) is 5.38. The second-order valence-corrected chi connectivity index (χ2v) is 4.27. The zero-order valence-electron chi connectivity index (χ0n) is 8.69. The van der Waals surface area contributed by atoms with Crippen LogP contribution in [0.5, 0.6) is 0 Å². The third kappa shape index (κ3) is 1.36. The molecule has 3 rings (SSSR count). The minimum atomic E-state index is -0.391. The molecule has 2 aromatic carbocycles. The maximum absolute atomic E-state index is 11.1. The average Bonchev–Trinajstić information content (AvgIpc) is 2.70. The van der Waals surface area contributed by atoms with Crippen LogP contribution < -0.4 is 16.2 Å². The van der Waals surface area contributed by atoms with Gasteiger partial charge >= 0.3 is 0 Å². The summed E-state index contributed by atoms with van der Waals surface area (Å²) in [5.41, 5.74) is 2.37. The van der Waals surface area contributed by atoms with E-state index in [2.05, 4.69) is 17.4 Å². The van der Waals surface area contributed by atoms with Crippen LogP contribution in [0.25, 0.3) is 0 Å². The minimum Gasteiger partial charge on any atom is -0.378 e. The molecule has 0 aromatic heterocycles. The van der Waals surface area contributed by atoms with Crippen molar-refractivity contribution in [2.75, 3.05) is 5.32 Å². The highest BCUT2D eigenvalue weighted by atomic mass is 16.2. The zero-order valence-corrected chi connectivity index (χ0v) is 8.69. The van der Waals surface area contributed by atoms with Crippen LogP contribution in [-0.2, 0) is 12.8 Å². The molecule has 1 N–H and O–H groups in total. The Labute approximate surface area is 92.4 Å². The van der Waals surface area contributed by atoms with Crippen LogP contribution in [0.1, 0.15) is 11.1 Å². The van der Waals surface area contributed by atoms with Crippen molar-refractivity contribution >= 4 is 5.69 Å². The van der Waals surface area contributed by atoms with Crippen LogP contribution in [-0.4, -0.2) is 6.04 Å². The Morgan fingerprint density at radius 2 is 1.69 bits per heavy atom. The topological polar surface area (TPSA) is 46.2 Å². The van der Waals surface area contributed by atoms with Crippen LogP contribution in [0, 0.1) is 0 Å². The van der Waals surface area contributed by atoms with Crippen molar-refractivity contribution in [2.45, 2.75) is 18.9 Å². The molecule has 3 heteroatoms. The SMILES string of the molecule is O=c1cc(NC2Cc3ccccc3C2)c1=O. The normalized spacial score (nSPS) is 15.2. The van der Waals surface area contributed by atoms with Gasteiger partial charge in [0.2, 0.25) is 10.9 Å². The van der Waals surface area contributed by atoms with E-state index in [-0.39, 0.29) is 11.5 Å². The zero-order chi connectivity index (χ0) is 11.1. The molecule has 0 bridgehead atoms. The lowest BCUT2D eigenvalue weighted by Gasteiger charge is -2.13. The lowest BCUT2D eigenvalue weighted by atomic mass is 10.1. The van der Waals surface area contributed by atoms with Gasteiger partial charge in [-0.15, -0.1) is 0 Å². The van der Waals surface area contributed by atoms with E-state index in [0.717, 1.165) is 12.8 Å². The molecule has 0 heterocycles. The number of benzene rings is 1. The van der Waals surface area contributed by atoms with Crippen molar-refractivity contribution in [3.05, 3.63) is 61.9 Å². The summed E-state index contributed by atoms with van der Waals surface area (Å²) in [4.78, 5) is 21.9. The van der Waals surface area contributed by atoms with Crippen molar-refractivity contribution < 1.29 is 0 Å². The second-order valence-electron chi connectivity index (χ2n) is 4.27. The van der Waals surface area contributed by atoms with E-state index in [4.69, 9.17) is 0 Å². The molecule has 2 aromatic rings. The first-order valence-corrected chi connectivity index (χ1v) is 5.38. The number of hydrogen-bond acceptors (Lipinski definition) is 3. The van der Waals surface area contributed by atoms with E-state index in [0.29, 0.717) is 5.69 Å². The molecule has 0 atom stereocenters. The molecule has 3 nitrogen and oxygen atoms in total. The largest absolute Gasteiger partial charge is 0.378 e. The second kappa shape index (κ2) is 3.30. The summed E-state index contributed by atoms with van der Waals surface area (Å²) in [5, 5.41) is 3.13. The highest BCUT2D eigenvalue weighted by Gasteiger charge is 2.22. The van der Waals surface area contributed by atoms with Gasteiger partial charge < -0.3 is 5.32 Å². The fourth-order valence-corrected chi connectivity index (χ4v) is 2.31. The van der Waals surface area contributed by atoms with Gasteiger partial charge in [0.15, 0.2) is 0 Å². The van der Waals surface area contributed by atoms with E-state index in [1.807, 2.05) is 12.1 Å². The first-order chi connectivity index (χ1) is 7.74.